The number of para-hydroxylation sites is 1. The molecule has 2 N–H and O–H groups in total. The molecule has 3 nitrogen and oxygen atoms in total. The predicted octanol–water partition coefficient (Wildman–Crippen LogP) is 3.13. The molecule has 3 aromatic rings. The van der Waals surface area contributed by atoms with Crippen LogP contribution in [0.3, 0.4) is 0 Å². The van der Waals surface area contributed by atoms with Crippen LogP contribution in [0.5, 0.6) is 0 Å². The molecule has 2 aromatic heterocycles. The molecule has 0 fully saturated rings. The third kappa shape index (κ3) is 2.91. The van der Waals surface area contributed by atoms with Crippen molar-refractivity contribution in [2.24, 2.45) is 0 Å². The molecule has 0 saturated heterocycles. The first-order valence-electron chi connectivity index (χ1n) is 6.66. The fourth-order valence-electron chi connectivity index (χ4n) is 2.32. The summed E-state index contributed by atoms with van der Waals surface area (Å²) in [6.07, 6.45) is 3.34. The van der Waals surface area contributed by atoms with Crippen molar-refractivity contribution in [2.75, 3.05) is 6.54 Å². The van der Waals surface area contributed by atoms with Crippen LogP contribution < -0.4 is 5.32 Å². The summed E-state index contributed by atoms with van der Waals surface area (Å²) in [7, 11) is 0. The number of benzene rings is 1. The van der Waals surface area contributed by atoms with Gasteiger partial charge in [0.1, 0.15) is 0 Å². The van der Waals surface area contributed by atoms with E-state index in [2.05, 4.69) is 22.4 Å². The number of aromatic nitrogens is 1. The lowest BCUT2D eigenvalue weighted by atomic mass is 10.1. The fourth-order valence-corrected chi connectivity index (χ4v) is 2.98. The molecule has 102 valence electrons. The maximum absolute atomic E-state index is 11.8. The predicted molar refractivity (Wildman–Crippen MR) is 83.0 cm³/mol. The van der Waals surface area contributed by atoms with Gasteiger partial charge in [-0.2, -0.15) is 11.3 Å². The zero-order valence-corrected chi connectivity index (χ0v) is 11.9. The topological polar surface area (TPSA) is 44.9 Å². The van der Waals surface area contributed by atoms with Gasteiger partial charge in [-0.3, -0.25) is 4.79 Å². The molecular weight excluding hydrogens is 268 g/mol. The van der Waals surface area contributed by atoms with E-state index in [1.165, 1.54) is 10.9 Å². The van der Waals surface area contributed by atoms with Crippen LogP contribution in [0.4, 0.5) is 0 Å². The van der Waals surface area contributed by atoms with E-state index in [-0.39, 0.29) is 5.91 Å². The van der Waals surface area contributed by atoms with Crippen molar-refractivity contribution in [3.63, 3.8) is 0 Å². The van der Waals surface area contributed by atoms with Gasteiger partial charge in [0.05, 0.1) is 6.42 Å². The Labute approximate surface area is 121 Å². The van der Waals surface area contributed by atoms with E-state index in [9.17, 15) is 4.79 Å². The second-order valence-electron chi connectivity index (χ2n) is 4.77. The first-order valence-corrected chi connectivity index (χ1v) is 7.60. The van der Waals surface area contributed by atoms with Crippen molar-refractivity contribution in [3.8, 4) is 0 Å². The number of nitrogens with one attached hydrogen (secondary N) is 2. The van der Waals surface area contributed by atoms with Crippen molar-refractivity contribution in [1.82, 2.24) is 10.3 Å². The summed E-state index contributed by atoms with van der Waals surface area (Å²) in [5.41, 5.74) is 3.48. The first kappa shape index (κ1) is 12.9. The summed E-state index contributed by atoms with van der Waals surface area (Å²) in [5.74, 6) is 0.0863. The van der Waals surface area contributed by atoms with Gasteiger partial charge in [-0.15, -0.1) is 0 Å². The van der Waals surface area contributed by atoms with Gasteiger partial charge in [-0.05, 0) is 40.4 Å². The van der Waals surface area contributed by atoms with Gasteiger partial charge in [-0.25, -0.2) is 0 Å². The van der Waals surface area contributed by atoms with Gasteiger partial charge in [0.2, 0.25) is 5.91 Å². The Morgan fingerprint density at radius 3 is 3.00 bits per heavy atom. The van der Waals surface area contributed by atoms with Crippen LogP contribution in [0.15, 0.2) is 47.3 Å². The Morgan fingerprint density at radius 2 is 2.15 bits per heavy atom. The molecule has 1 aromatic carbocycles. The number of hydrogen-bond donors (Lipinski definition) is 2. The largest absolute Gasteiger partial charge is 0.361 e. The quantitative estimate of drug-likeness (QED) is 0.743. The Morgan fingerprint density at radius 1 is 1.25 bits per heavy atom. The van der Waals surface area contributed by atoms with Crippen LogP contribution in [0.2, 0.25) is 0 Å². The Kier molecular flexibility index (Phi) is 3.83. The Hall–Kier alpha value is -2.07. The van der Waals surface area contributed by atoms with E-state index in [1.54, 1.807) is 11.3 Å². The van der Waals surface area contributed by atoms with E-state index in [0.717, 1.165) is 17.5 Å². The zero-order chi connectivity index (χ0) is 13.8. The maximum atomic E-state index is 11.8. The lowest BCUT2D eigenvalue weighted by molar-refractivity contribution is -0.120. The minimum absolute atomic E-state index is 0.0863. The molecular formula is C16H16N2OS. The third-order valence-electron chi connectivity index (χ3n) is 3.34. The van der Waals surface area contributed by atoms with Gasteiger partial charge in [0, 0.05) is 23.6 Å². The number of amides is 1. The van der Waals surface area contributed by atoms with Gasteiger partial charge in [0.15, 0.2) is 0 Å². The molecule has 20 heavy (non-hydrogen) atoms. The molecule has 0 aliphatic rings. The average Bonchev–Trinajstić information content (AvgIpc) is 3.09. The van der Waals surface area contributed by atoms with Crippen molar-refractivity contribution < 1.29 is 4.79 Å². The summed E-state index contributed by atoms with van der Waals surface area (Å²) in [6, 6.07) is 10.2. The number of H-pyrrole nitrogens is 1. The van der Waals surface area contributed by atoms with Crippen molar-refractivity contribution in [1.29, 1.82) is 0 Å². The number of thiophene rings is 1. The maximum Gasteiger partial charge on any atom is 0.224 e. The highest BCUT2D eigenvalue weighted by atomic mass is 32.1. The minimum atomic E-state index is 0.0863. The highest BCUT2D eigenvalue weighted by Crippen LogP contribution is 2.17. The second kappa shape index (κ2) is 5.92. The van der Waals surface area contributed by atoms with Crippen molar-refractivity contribution in [2.45, 2.75) is 12.8 Å². The molecule has 4 heteroatoms. The van der Waals surface area contributed by atoms with Crippen molar-refractivity contribution >= 4 is 28.1 Å². The van der Waals surface area contributed by atoms with Crippen LogP contribution >= 0.6 is 11.3 Å². The van der Waals surface area contributed by atoms with Crippen LogP contribution in [-0.4, -0.2) is 17.4 Å². The molecule has 0 aliphatic carbocycles. The highest BCUT2D eigenvalue weighted by Gasteiger charge is 2.05. The number of aromatic amines is 1. The van der Waals surface area contributed by atoms with Crippen LogP contribution in [0.25, 0.3) is 10.9 Å². The molecule has 0 aliphatic heterocycles. The van der Waals surface area contributed by atoms with Gasteiger partial charge < -0.3 is 10.3 Å². The number of carbonyl (C=O) groups is 1. The summed E-state index contributed by atoms with van der Waals surface area (Å²) in [6.45, 7) is 0.671. The summed E-state index contributed by atoms with van der Waals surface area (Å²) >= 11 is 1.62. The minimum Gasteiger partial charge on any atom is -0.361 e. The molecule has 0 bridgehead atoms. The van der Waals surface area contributed by atoms with Crippen LogP contribution in [0, 0.1) is 0 Å². The van der Waals surface area contributed by atoms with E-state index in [0.29, 0.717) is 13.0 Å². The lowest BCUT2D eigenvalue weighted by Gasteiger charge is -2.04. The smallest absolute Gasteiger partial charge is 0.224 e. The average molecular weight is 284 g/mol. The second-order valence-corrected chi connectivity index (χ2v) is 5.55. The molecule has 2 heterocycles. The van der Waals surface area contributed by atoms with E-state index >= 15 is 0 Å². The molecule has 0 spiro atoms. The number of carbonyl (C=O) groups excluding carboxylic acids is 1. The standard InChI is InChI=1S/C16H16N2OS/c19-16(9-12-6-8-20-11-12)17-7-5-13-10-18-15-4-2-1-3-14(13)15/h1-4,6,8,10-11,18H,5,7,9H2,(H,17,19). The number of rotatable bonds is 5. The fraction of sp³-hybridized carbons (Fsp3) is 0.188. The number of hydrogen-bond acceptors (Lipinski definition) is 2. The van der Waals surface area contributed by atoms with Gasteiger partial charge >= 0.3 is 0 Å². The van der Waals surface area contributed by atoms with E-state index < -0.39 is 0 Å². The Bertz CT molecular complexity index is 700. The van der Waals surface area contributed by atoms with Gasteiger partial charge in [-0.1, -0.05) is 18.2 Å². The molecule has 1 amide bonds. The molecule has 3 rings (SSSR count). The SMILES string of the molecule is O=C(Cc1ccsc1)NCCc1c[nH]c2ccccc12. The Balaban J connectivity index is 1.53. The lowest BCUT2D eigenvalue weighted by Crippen LogP contribution is -2.27. The molecule has 0 radical (unpaired) electrons. The molecule has 0 saturated carbocycles. The van der Waals surface area contributed by atoms with Crippen LogP contribution in [0.1, 0.15) is 11.1 Å². The highest BCUT2D eigenvalue weighted by molar-refractivity contribution is 7.07. The van der Waals surface area contributed by atoms with Gasteiger partial charge in [0.25, 0.3) is 0 Å². The van der Waals surface area contributed by atoms with Crippen LogP contribution in [-0.2, 0) is 17.6 Å². The summed E-state index contributed by atoms with van der Waals surface area (Å²) < 4.78 is 0. The normalized spacial score (nSPS) is 10.8. The summed E-state index contributed by atoms with van der Waals surface area (Å²) in [4.78, 5) is 15.0. The first-order chi connectivity index (χ1) is 9.83. The monoisotopic (exact) mass is 284 g/mol. The molecule has 0 atom stereocenters. The van der Waals surface area contributed by atoms with E-state index in [4.69, 9.17) is 0 Å². The molecule has 0 unspecified atom stereocenters. The summed E-state index contributed by atoms with van der Waals surface area (Å²) in [5, 5.41) is 8.22. The number of fused-ring (bicyclic) bond motifs is 1. The van der Waals surface area contributed by atoms with Crippen molar-refractivity contribution in [3.05, 3.63) is 58.4 Å². The third-order valence-corrected chi connectivity index (χ3v) is 4.07. The zero-order valence-electron chi connectivity index (χ0n) is 11.1. The van der Waals surface area contributed by atoms with E-state index in [1.807, 2.05) is 35.2 Å².